The second kappa shape index (κ2) is 14.2. The van der Waals surface area contributed by atoms with Crippen LogP contribution in [0.3, 0.4) is 0 Å². The summed E-state index contributed by atoms with van der Waals surface area (Å²) in [6.07, 6.45) is 2.20. The molecule has 0 unspecified atom stereocenters. The second-order valence-corrected chi connectivity index (χ2v) is 10.9. The van der Waals surface area contributed by atoms with Gasteiger partial charge in [0, 0.05) is 69.5 Å². The molecule has 2 aliphatic rings. The molecular formula is C29H40N4O8. The van der Waals surface area contributed by atoms with E-state index in [0.29, 0.717) is 6.54 Å². The van der Waals surface area contributed by atoms with E-state index in [4.69, 9.17) is 20.4 Å². The van der Waals surface area contributed by atoms with Gasteiger partial charge in [-0.2, -0.15) is 0 Å². The summed E-state index contributed by atoms with van der Waals surface area (Å²) >= 11 is 0. The van der Waals surface area contributed by atoms with Gasteiger partial charge in [0.1, 0.15) is 6.54 Å². The molecule has 0 spiro atoms. The standard InChI is InChI=1S/C23H32N4O.C6H8O7/c1-19(2)15-24-11-13-25(14-12-24)16-20-17-27(22-8-4-3-7-21(20)22)18-23(28)26-9-5-6-10-26;7-3(8)1-6(13,5(11)12)2-4(9)10/h3-4,7-8,17H,1,5-6,9-16,18H2,2H3;13H,1-2H2,(H,7,8)(H,9,10)(H,11,12). The van der Waals surface area contributed by atoms with Crippen molar-refractivity contribution in [3.63, 3.8) is 0 Å². The number of hydrogen-bond donors (Lipinski definition) is 4. The fourth-order valence-electron chi connectivity index (χ4n) is 5.23. The van der Waals surface area contributed by atoms with Crippen LogP contribution in [0, 0.1) is 0 Å². The van der Waals surface area contributed by atoms with E-state index in [1.54, 1.807) is 0 Å². The van der Waals surface area contributed by atoms with Gasteiger partial charge in [-0.3, -0.25) is 24.2 Å². The number of carboxylic acids is 3. The molecule has 224 valence electrons. The summed E-state index contributed by atoms with van der Waals surface area (Å²) in [5, 5.41) is 35.1. The third-order valence-electron chi connectivity index (χ3n) is 7.27. The second-order valence-electron chi connectivity index (χ2n) is 10.9. The minimum absolute atomic E-state index is 0.248. The first-order valence-corrected chi connectivity index (χ1v) is 13.7. The number of benzene rings is 1. The smallest absolute Gasteiger partial charge is 0.336 e. The van der Waals surface area contributed by atoms with Crippen molar-refractivity contribution in [2.24, 2.45) is 0 Å². The van der Waals surface area contributed by atoms with Crippen molar-refractivity contribution < 1.29 is 39.6 Å². The van der Waals surface area contributed by atoms with E-state index < -0.39 is 36.4 Å². The van der Waals surface area contributed by atoms with E-state index in [2.05, 4.69) is 58.3 Å². The van der Waals surface area contributed by atoms with E-state index in [-0.39, 0.29) is 5.91 Å². The molecule has 2 saturated heterocycles. The molecule has 3 heterocycles. The van der Waals surface area contributed by atoms with Crippen LogP contribution in [0.1, 0.15) is 38.2 Å². The first-order chi connectivity index (χ1) is 19.4. The number of aliphatic carboxylic acids is 3. The average molecular weight is 573 g/mol. The van der Waals surface area contributed by atoms with Crippen LogP contribution in [0.4, 0.5) is 0 Å². The third kappa shape index (κ3) is 9.13. The van der Waals surface area contributed by atoms with E-state index in [9.17, 15) is 19.2 Å². The van der Waals surface area contributed by atoms with Gasteiger partial charge in [0.25, 0.3) is 0 Å². The Hall–Kier alpha value is -3.74. The molecular weight excluding hydrogens is 532 g/mol. The number of para-hydroxylation sites is 1. The first-order valence-electron chi connectivity index (χ1n) is 13.7. The highest BCUT2D eigenvalue weighted by Crippen LogP contribution is 2.24. The molecule has 0 aliphatic carbocycles. The minimum Gasteiger partial charge on any atom is -0.481 e. The quantitative estimate of drug-likeness (QED) is 0.292. The summed E-state index contributed by atoms with van der Waals surface area (Å²) in [6, 6.07) is 8.50. The Balaban J connectivity index is 0.000000302. The Morgan fingerprint density at radius 3 is 1.95 bits per heavy atom. The fourth-order valence-corrected chi connectivity index (χ4v) is 5.23. The Kier molecular flexibility index (Phi) is 11.0. The highest BCUT2D eigenvalue weighted by Gasteiger charge is 2.40. The van der Waals surface area contributed by atoms with E-state index in [1.165, 1.54) is 22.0 Å². The van der Waals surface area contributed by atoms with Gasteiger partial charge >= 0.3 is 17.9 Å². The molecule has 0 bridgehead atoms. The highest BCUT2D eigenvalue weighted by molar-refractivity contribution is 5.88. The van der Waals surface area contributed by atoms with Crippen LogP contribution in [0.25, 0.3) is 10.9 Å². The lowest BCUT2D eigenvalue weighted by Crippen LogP contribution is -2.46. The van der Waals surface area contributed by atoms with Gasteiger partial charge in [-0.1, -0.05) is 30.4 Å². The largest absolute Gasteiger partial charge is 0.481 e. The van der Waals surface area contributed by atoms with Gasteiger partial charge in [0.15, 0.2) is 5.60 Å². The summed E-state index contributed by atoms with van der Waals surface area (Å²) in [7, 11) is 0. The number of likely N-dealkylation sites (tertiary alicyclic amines) is 1. The predicted molar refractivity (Wildman–Crippen MR) is 151 cm³/mol. The molecule has 1 aromatic heterocycles. The summed E-state index contributed by atoms with van der Waals surface area (Å²) in [5.41, 5.74) is 1.00. The molecule has 0 saturated carbocycles. The molecule has 2 fully saturated rings. The number of hydrogen-bond acceptors (Lipinski definition) is 7. The van der Waals surface area contributed by atoms with E-state index in [1.807, 2.05) is 4.90 Å². The van der Waals surface area contributed by atoms with Crippen LogP contribution >= 0.6 is 0 Å². The normalized spacial score (nSPS) is 16.3. The van der Waals surface area contributed by atoms with Crippen LogP contribution in [0.5, 0.6) is 0 Å². The zero-order chi connectivity index (χ0) is 30.2. The van der Waals surface area contributed by atoms with Crippen molar-refractivity contribution in [2.75, 3.05) is 45.8 Å². The Morgan fingerprint density at radius 2 is 1.41 bits per heavy atom. The molecule has 12 nitrogen and oxygen atoms in total. The summed E-state index contributed by atoms with van der Waals surface area (Å²) < 4.78 is 2.16. The van der Waals surface area contributed by atoms with Crippen LogP contribution in [0.2, 0.25) is 0 Å². The number of amides is 1. The van der Waals surface area contributed by atoms with Crippen molar-refractivity contribution in [2.45, 2.75) is 51.3 Å². The minimum atomic E-state index is -2.74. The number of nitrogens with zero attached hydrogens (tertiary/aromatic N) is 4. The van der Waals surface area contributed by atoms with Crippen molar-refractivity contribution in [3.05, 3.63) is 48.2 Å². The lowest BCUT2D eigenvalue weighted by Gasteiger charge is -2.34. The highest BCUT2D eigenvalue weighted by atomic mass is 16.4. The average Bonchev–Trinajstić information content (AvgIpc) is 3.54. The van der Waals surface area contributed by atoms with Gasteiger partial charge < -0.3 is 29.9 Å². The van der Waals surface area contributed by atoms with Gasteiger partial charge in [-0.15, -0.1) is 0 Å². The zero-order valence-electron chi connectivity index (χ0n) is 23.5. The maximum atomic E-state index is 12.7. The Morgan fingerprint density at radius 1 is 0.854 bits per heavy atom. The SMILES string of the molecule is C=C(C)CN1CCN(Cc2cn(CC(=O)N3CCCC3)c3ccccc23)CC1.O=C(O)CC(O)(CC(=O)O)C(=O)O. The van der Waals surface area contributed by atoms with E-state index >= 15 is 0 Å². The summed E-state index contributed by atoms with van der Waals surface area (Å²) in [6.45, 7) is 14.7. The molecule has 0 atom stereocenters. The molecule has 4 N–H and O–H groups in total. The number of carbonyl (C=O) groups excluding carboxylic acids is 1. The third-order valence-corrected chi connectivity index (χ3v) is 7.27. The predicted octanol–water partition coefficient (Wildman–Crippen LogP) is 1.71. The molecule has 1 aromatic carbocycles. The maximum Gasteiger partial charge on any atom is 0.336 e. The summed E-state index contributed by atoms with van der Waals surface area (Å²) in [5.74, 6) is -4.77. The first kappa shape index (κ1) is 31.8. The lowest BCUT2D eigenvalue weighted by atomic mass is 9.96. The summed E-state index contributed by atoms with van der Waals surface area (Å²) in [4.78, 5) is 50.2. The number of rotatable bonds is 11. The number of carbonyl (C=O) groups is 4. The molecule has 2 aromatic rings. The number of carboxylic acid groups (broad SMARTS) is 3. The lowest BCUT2D eigenvalue weighted by molar-refractivity contribution is -0.170. The van der Waals surface area contributed by atoms with Crippen LogP contribution in [-0.4, -0.2) is 115 Å². The number of fused-ring (bicyclic) bond motifs is 1. The Bertz CT molecular complexity index is 1240. The molecule has 12 heteroatoms. The Labute approximate surface area is 239 Å². The molecule has 1 amide bonds. The number of aromatic nitrogens is 1. The van der Waals surface area contributed by atoms with Crippen LogP contribution in [-0.2, 0) is 32.3 Å². The van der Waals surface area contributed by atoms with E-state index in [0.717, 1.165) is 65.2 Å². The van der Waals surface area contributed by atoms with Crippen molar-refractivity contribution in [1.29, 1.82) is 0 Å². The van der Waals surface area contributed by atoms with Crippen LogP contribution < -0.4 is 0 Å². The monoisotopic (exact) mass is 572 g/mol. The topological polar surface area (TPSA) is 164 Å². The van der Waals surface area contributed by atoms with Crippen LogP contribution in [0.15, 0.2) is 42.6 Å². The van der Waals surface area contributed by atoms with Gasteiger partial charge in [-0.25, -0.2) is 4.79 Å². The molecule has 2 aliphatic heterocycles. The molecule has 0 radical (unpaired) electrons. The van der Waals surface area contributed by atoms with Gasteiger partial charge in [-0.05, 0) is 31.4 Å². The number of piperazine rings is 1. The van der Waals surface area contributed by atoms with Gasteiger partial charge in [0.2, 0.25) is 5.91 Å². The van der Waals surface area contributed by atoms with Crippen molar-refractivity contribution in [1.82, 2.24) is 19.3 Å². The number of aliphatic hydroxyl groups is 1. The maximum absolute atomic E-state index is 12.7. The van der Waals surface area contributed by atoms with Crippen molar-refractivity contribution in [3.8, 4) is 0 Å². The van der Waals surface area contributed by atoms with Gasteiger partial charge in [0.05, 0.1) is 12.8 Å². The fraction of sp³-hybridized carbons (Fsp3) is 0.517. The van der Waals surface area contributed by atoms with Crippen molar-refractivity contribution >= 4 is 34.7 Å². The molecule has 41 heavy (non-hydrogen) atoms. The molecule has 4 rings (SSSR count). The zero-order valence-corrected chi connectivity index (χ0v) is 23.5.